The molecule has 150 valence electrons. The number of imidazole rings is 1. The SMILES string of the molecule is Cn1ccnc1C[C@@H]1CCCN(S(=O)(=O)C2CN(C(=O)c3ccccc3)C2)C1. The molecule has 0 saturated carbocycles. The van der Waals surface area contributed by atoms with Crippen LogP contribution in [0.25, 0.3) is 0 Å². The van der Waals surface area contributed by atoms with E-state index in [0.717, 1.165) is 25.1 Å². The minimum atomic E-state index is -3.38. The summed E-state index contributed by atoms with van der Waals surface area (Å²) in [5.41, 5.74) is 0.603. The van der Waals surface area contributed by atoms with E-state index in [1.54, 1.807) is 27.5 Å². The van der Waals surface area contributed by atoms with E-state index in [1.165, 1.54) is 0 Å². The molecule has 28 heavy (non-hydrogen) atoms. The van der Waals surface area contributed by atoms with Crippen LogP contribution in [-0.4, -0.2) is 64.5 Å². The van der Waals surface area contributed by atoms with E-state index in [2.05, 4.69) is 4.98 Å². The molecular formula is C20H26N4O3S. The fourth-order valence-electron chi connectivity index (χ4n) is 4.04. The number of carbonyl (C=O) groups is 1. The molecule has 0 radical (unpaired) electrons. The number of amides is 1. The molecule has 0 aliphatic carbocycles. The van der Waals surface area contributed by atoms with Gasteiger partial charge >= 0.3 is 0 Å². The molecule has 1 aromatic carbocycles. The minimum absolute atomic E-state index is 0.0987. The largest absolute Gasteiger partial charge is 0.338 e. The van der Waals surface area contributed by atoms with Crippen molar-refractivity contribution in [2.75, 3.05) is 26.2 Å². The highest BCUT2D eigenvalue weighted by Gasteiger charge is 2.44. The van der Waals surface area contributed by atoms with E-state index in [4.69, 9.17) is 0 Å². The summed E-state index contributed by atoms with van der Waals surface area (Å²) < 4.78 is 29.7. The summed E-state index contributed by atoms with van der Waals surface area (Å²) in [6.45, 7) is 1.66. The van der Waals surface area contributed by atoms with Gasteiger partial charge in [0.2, 0.25) is 10.0 Å². The van der Waals surface area contributed by atoms with Crippen molar-refractivity contribution in [2.24, 2.45) is 13.0 Å². The monoisotopic (exact) mass is 402 g/mol. The maximum Gasteiger partial charge on any atom is 0.253 e. The van der Waals surface area contributed by atoms with Crippen LogP contribution in [0.1, 0.15) is 29.0 Å². The molecule has 7 nitrogen and oxygen atoms in total. The molecule has 1 aromatic heterocycles. The molecule has 0 N–H and O–H groups in total. The lowest BCUT2D eigenvalue weighted by Crippen LogP contribution is -2.60. The van der Waals surface area contributed by atoms with Gasteiger partial charge in [0.25, 0.3) is 5.91 Å². The summed E-state index contributed by atoms with van der Waals surface area (Å²) in [6.07, 6.45) is 6.37. The molecule has 0 bridgehead atoms. The highest BCUT2D eigenvalue weighted by Crippen LogP contribution is 2.27. The lowest BCUT2D eigenvalue weighted by atomic mass is 9.96. The highest BCUT2D eigenvalue weighted by molar-refractivity contribution is 7.89. The smallest absolute Gasteiger partial charge is 0.253 e. The normalized spacial score (nSPS) is 21.5. The molecule has 0 unspecified atom stereocenters. The Bertz CT molecular complexity index is 935. The summed E-state index contributed by atoms with van der Waals surface area (Å²) in [6, 6.07) is 9.01. The second-order valence-corrected chi connectivity index (χ2v) is 9.98. The molecule has 2 fully saturated rings. The van der Waals surface area contributed by atoms with Crippen molar-refractivity contribution in [3.05, 3.63) is 54.1 Å². The maximum absolute atomic E-state index is 13.1. The van der Waals surface area contributed by atoms with Gasteiger partial charge in [0.15, 0.2) is 0 Å². The highest BCUT2D eigenvalue weighted by atomic mass is 32.2. The Morgan fingerprint density at radius 1 is 1.18 bits per heavy atom. The zero-order valence-electron chi connectivity index (χ0n) is 16.1. The predicted molar refractivity (Wildman–Crippen MR) is 106 cm³/mol. The Balaban J connectivity index is 1.36. The van der Waals surface area contributed by atoms with Crippen molar-refractivity contribution in [3.63, 3.8) is 0 Å². The Morgan fingerprint density at radius 3 is 2.61 bits per heavy atom. The molecular weight excluding hydrogens is 376 g/mol. The van der Waals surface area contributed by atoms with Crippen LogP contribution in [0.15, 0.2) is 42.7 Å². The number of carbonyl (C=O) groups excluding carboxylic acids is 1. The van der Waals surface area contributed by atoms with Crippen molar-refractivity contribution in [3.8, 4) is 0 Å². The Hall–Kier alpha value is -2.19. The summed E-state index contributed by atoms with van der Waals surface area (Å²) in [7, 11) is -1.42. The molecule has 2 aromatic rings. The predicted octanol–water partition coefficient (Wildman–Crippen LogP) is 1.53. The summed E-state index contributed by atoms with van der Waals surface area (Å²) in [4.78, 5) is 18.4. The van der Waals surface area contributed by atoms with Crippen LogP contribution >= 0.6 is 0 Å². The van der Waals surface area contributed by atoms with E-state index in [0.29, 0.717) is 18.7 Å². The van der Waals surface area contributed by atoms with E-state index < -0.39 is 15.3 Å². The van der Waals surface area contributed by atoms with Crippen molar-refractivity contribution in [2.45, 2.75) is 24.5 Å². The lowest BCUT2D eigenvalue weighted by molar-refractivity contribution is 0.0653. The van der Waals surface area contributed by atoms with Gasteiger partial charge in [0, 0.05) is 57.6 Å². The van der Waals surface area contributed by atoms with Gasteiger partial charge < -0.3 is 9.47 Å². The number of aromatic nitrogens is 2. The first-order valence-corrected chi connectivity index (χ1v) is 11.2. The van der Waals surface area contributed by atoms with E-state index in [-0.39, 0.29) is 24.9 Å². The Kier molecular flexibility index (Phi) is 5.25. The second-order valence-electron chi connectivity index (χ2n) is 7.77. The first kappa shape index (κ1) is 19.1. The summed E-state index contributed by atoms with van der Waals surface area (Å²) >= 11 is 0. The van der Waals surface area contributed by atoms with Crippen molar-refractivity contribution in [1.82, 2.24) is 18.8 Å². The van der Waals surface area contributed by atoms with Crippen molar-refractivity contribution in [1.29, 1.82) is 0 Å². The molecule has 2 saturated heterocycles. The number of likely N-dealkylation sites (tertiary alicyclic amines) is 1. The number of aryl methyl sites for hydroxylation is 1. The number of sulfonamides is 1. The van der Waals surface area contributed by atoms with Gasteiger partial charge in [-0.3, -0.25) is 4.79 Å². The van der Waals surface area contributed by atoms with Gasteiger partial charge in [0.1, 0.15) is 11.1 Å². The summed E-state index contributed by atoms with van der Waals surface area (Å²) in [5, 5.41) is -0.493. The fourth-order valence-corrected chi connectivity index (χ4v) is 6.00. The fraction of sp³-hybridized carbons (Fsp3) is 0.500. The quantitative estimate of drug-likeness (QED) is 0.760. The molecule has 2 aliphatic rings. The van der Waals surface area contributed by atoms with Gasteiger partial charge in [-0.25, -0.2) is 17.7 Å². The first-order chi connectivity index (χ1) is 13.4. The molecule has 2 aliphatic heterocycles. The number of benzene rings is 1. The molecule has 1 atom stereocenters. The number of hydrogen-bond donors (Lipinski definition) is 0. The van der Waals surface area contributed by atoms with Crippen LogP contribution in [0.3, 0.4) is 0 Å². The maximum atomic E-state index is 13.1. The Morgan fingerprint density at radius 2 is 1.93 bits per heavy atom. The topological polar surface area (TPSA) is 75.5 Å². The molecule has 4 rings (SSSR count). The van der Waals surface area contributed by atoms with Crippen molar-refractivity contribution < 1.29 is 13.2 Å². The van der Waals surface area contributed by atoms with Gasteiger partial charge in [0.05, 0.1) is 0 Å². The third-order valence-electron chi connectivity index (χ3n) is 5.81. The molecule has 3 heterocycles. The van der Waals surface area contributed by atoms with E-state index in [1.807, 2.05) is 36.0 Å². The standard InChI is InChI=1S/C20H26N4O3S/c1-22-11-9-21-19(22)12-16-6-5-10-24(13-16)28(26,27)18-14-23(15-18)20(25)17-7-3-2-4-8-17/h2-4,7-9,11,16,18H,5-6,10,12-15H2,1H3/t16-/m0/s1. The molecule has 0 spiro atoms. The number of hydrogen-bond acceptors (Lipinski definition) is 4. The van der Waals surface area contributed by atoms with Crippen LogP contribution in [0, 0.1) is 5.92 Å². The third-order valence-corrected chi connectivity index (χ3v) is 8.00. The summed E-state index contributed by atoms with van der Waals surface area (Å²) in [5.74, 6) is 1.18. The lowest BCUT2D eigenvalue weighted by Gasteiger charge is -2.42. The minimum Gasteiger partial charge on any atom is -0.338 e. The second kappa shape index (κ2) is 7.67. The molecule has 1 amide bonds. The van der Waals surface area contributed by atoms with Crippen molar-refractivity contribution >= 4 is 15.9 Å². The average molecular weight is 403 g/mol. The van der Waals surface area contributed by atoms with E-state index in [9.17, 15) is 13.2 Å². The zero-order chi connectivity index (χ0) is 19.7. The Labute approximate surface area is 166 Å². The van der Waals surface area contributed by atoms with Gasteiger partial charge in [-0.2, -0.15) is 0 Å². The average Bonchev–Trinajstić information content (AvgIpc) is 3.06. The van der Waals surface area contributed by atoms with Gasteiger partial charge in [-0.1, -0.05) is 18.2 Å². The van der Waals surface area contributed by atoms with Crippen LogP contribution in [-0.2, 0) is 23.5 Å². The zero-order valence-corrected chi connectivity index (χ0v) is 16.9. The number of piperidine rings is 1. The van der Waals surface area contributed by atoms with Crippen LogP contribution in [0.2, 0.25) is 0 Å². The van der Waals surface area contributed by atoms with Crippen LogP contribution in [0.4, 0.5) is 0 Å². The van der Waals surface area contributed by atoms with E-state index >= 15 is 0 Å². The number of nitrogens with zero attached hydrogens (tertiary/aromatic N) is 4. The van der Waals surface area contributed by atoms with Gasteiger partial charge in [-0.15, -0.1) is 0 Å². The third kappa shape index (κ3) is 3.71. The van der Waals surface area contributed by atoms with Crippen LogP contribution < -0.4 is 0 Å². The van der Waals surface area contributed by atoms with Gasteiger partial charge in [-0.05, 0) is 30.9 Å². The van der Waals surface area contributed by atoms with Crippen LogP contribution in [0.5, 0.6) is 0 Å². The number of rotatable bonds is 5. The molecule has 8 heteroatoms. The first-order valence-electron chi connectivity index (χ1n) is 9.74.